The Labute approximate surface area is 92.9 Å². The van der Waals surface area contributed by atoms with Gasteiger partial charge in [-0.05, 0) is 41.0 Å². The fourth-order valence-corrected chi connectivity index (χ4v) is 2.38. The summed E-state index contributed by atoms with van der Waals surface area (Å²) in [6.45, 7) is 10.2. The number of anilines is 1. The molecule has 0 atom stereocenters. The van der Waals surface area contributed by atoms with Gasteiger partial charge in [-0.2, -0.15) is 0 Å². The molecule has 1 N–H and O–H groups in total. The van der Waals surface area contributed by atoms with Crippen LogP contribution in [-0.2, 0) is 6.42 Å². The first-order valence-electron chi connectivity index (χ1n) is 6.00. The van der Waals surface area contributed by atoms with Gasteiger partial charge in [0, 0.05) is 12.2 Å². The predicted octanol–water partition coefficient (Wildman–Crippen LogP) is 3.90. The lowest BCUT2D eigenvalue weighted by Gasteiger charge is -2.18. The average Bonchev–Trinajstić information content (AvgIpc) is 2.61. The van der Waals surface area contributed by atoms with E-state index in [0.717, 1.165) is 6.54 Å². The van der Waals surface area contributed by atoms with Crippen molar-refractivity contribution in [1.29, 1.82) is 0 Å². The summed E-state index contributed by atoms with van der Waals surface area (Å²) >= 11 is 0. The molecule has 1 aliphatic heterocycles. The van der Waals surface area contributed by atoms with E-state index in [4.69, 9.17) is 0 Å². The summed E-state index contributed by atoms with van der Waals surface area (Å²) in [7, 11) is 0. The van der Waals surface area contributed by atoms with Crippen LogP contribution in [0.2, 0.25) is 0 Å². The van der Waals surface area contributed by atoms with E-state index >= 15 is 0 Å². The molecule has 1 heteroatoms. The Morgan fingerprint density at radius 3 is 2.20 bits per heavy atom. The fourth-order valence-electron chi connectivity index (χ4n) is 2.38. The number of benzene rings is 1. The Hall–Kier alpha value is -0.980. The second kappa shape index (κ2) is 3.88. The van der Waals surface area contributed by atoms with E-state index in [1.165, 1.54) is 28.8 Å². The minimum absolute atomic E-state index is 0.620. The SMILES string of the molecule is CC(C)c1cc2c(cc1C(C)C)NCC2. The van der Waals surface area contributed by atoms with Crippen molar-refractivity contribution >= 4 is 5.69 Å². The second-order valence-electron chi connectivity index (χ2n) is 5.12. The molecule has 0 bridgehead atoms. The van der Waals surface area contributed by atoms with Gasteiger partial charge in [0.25, 0.3) is 0 Å². The van der Waals surface area contributed by atoms with Crippen molar-refractivity contribution < 1.29 is 0 Å². The van der Waals surface area contributed by atoms with E-state index in [2.05, 4.69) is 45.1 Å². The quantitative estimate of drug-likeness (QED) is 0.768. The average molecular weight is 203 g/mol. The summed E-state index contributed by atoms with van der Waals surface area (Å²) in [5.41, 5.74) is 5.91. The van der Waals surface area contributed by atoms with Gasteiger partial charge in [0.2, 0.25) is 0 Å². The van der Waals surface area contributed by atoms with E-state index < -0.39 is 0 Å². The van der Waals surface area contributed by atoms with E-state index in [9.17, 15) is 0 Å². The van der Waals surface area contributed by atoms with Crippen molar-refractivity contribution in [2.24, 2.45) is 0 Å². The molecule has 0 spiro atoms. The molecule has 0 saturated carbocycles. The number of hydrogen-bond donors (Lipinski definition) is 1. The monoisotopic (exact) mass is 203 g/mol. The van der Waals surface area contributed by atoms with E-state index in [-0.39, 0.29) is 0 Å². The van der Waals surface area contributed by atoms with Gasteiger partial charge in [-0.1, -0.05) is 33.8 Å². The van der Waals surface area contributed by atoms with Crippen molar-refractivity contribution in [2.45, 2.75) is 46.0 Å². The van der Waals surface area contributed by atoms with Crippen LogP contribution in [0.4, 0.5) is 5.69 Å². The van der Waals surface area contributed by atoms with E-state index in [1.54, 1.807) is 0 Å². The molecule has 1 aromatic carbocycles. The molecule has 82 valence electrons. The highest BCUT2D eigenvalue weighted by atomic mass is 14.9. The van der Waals surface area contributed by atoms with Crippen LogP contribution in [0.5, 0.6) is 0 Å². The molecular weight excluding hydrogens is 182 g/mol. The largest absolute Gasteiger partial charge is 0.384 e. The van der Waals surface area contributed by atoms with Crippen LogP contribution >= 0.6 is 0 Å². The molecular formula is C14H21N. The zero-order valence-corrected chi connectivity index (χ0v) is 10.2. The van der Waals surface area contributed by atoms with Crippen molar-refractivity contribution in [1.82, 2.24) is 0 Å². The lowest BCUT2D eigenvalue weighted by Crippen LogP contribution is -2.00. The topological polar surface area (TPSA) is 12.0 Å². The Bertz CT molecular complexity index is 329. The highest BCUT2D eigenvalue weighted by Gasteiger charge is 2.17. The molecule has 15 heavy (non-hydrogen) atoms. The molecule has 0 aliphatic carbocycles. The Kier molecular flexibility index (Phi) is 2.72. The third kappa shape index (κ3) is 1.88. The standard InChI is InChI=1S/C14H21N/c1-9(2)12-7-11-5-6-15-14(11)8-13(12)10(3)4/h7-10,15H,5-6H2,1-4H3. The van der Waals surface area contributed by atoms with Crippen molar-refractivity contribution in [2.75, 3.05) is 11.9 Å². The van der Waals surface area contributed by atoms with Gasteiger partial charge in [0.15, 0.2) is 0 Å². The van der Waals surface area contributed by atoms with Crippen LogP contribution in [0.25, 0.3) is 0 Å². The van der Waals surface area contributed by atoms with Crippen molar-refractivity contribution in [3.05, 3.63) is 28.8 Å². The fraction of sp³-hybridized carbons (Fsp3) is 0.571. The highest BCUT2D eigenvalue weighted by molar-refractivity contribution is 5.60. The predicted molar refractivity (Wildman–Crippen MR) is 66.8 cm³/mol. The minimum Gasteiger partial charge on any atom is -0.384 e. The Morgan fingerprint density at radius 1 is 1.00 bits per heavy atom. The molecule has 2 rings (SSSR count). The van der Waals surface area contributed by atoms with Crippen LogP contribution in [0, 0.1) is 0 Å². The van der Waals surface area contributed by atoms with Crippen molar-refractivity contribution in [3.63, 3.8) is 0 Å². The maximum Gasteiger partial charge on any atom is 0.0376 e. The van der Waals surface area contributed by atoms with Crippen LogP contribution in [-0.4, -0.2) is 6.54 Å². The minimum atomic E-state index is 0.620. The van der Waals surface area contributed by atoms with E-state index in [0.29, 0.717) is 11.8 Å². The Morgan fingerprint density at radius 2 is 1.60 bits per heavy atom. The van der Waals surface area contributed by atoms with Gasteiger partial charge in [0.05, 0.1) is 0 Å². The van der Waals surface area contributed by atoms with E-state index in [1.807, 2.05) is 0 Å². The molecule has 0 fully saturated rings. The molecule has 0 unspecified atom stereocenters. The molecule has 1 nitrogen and oxygen atoms in total. The van der Waals surface area contributed by atoms with Gasteiger partial charge in [-0.25, -0.2) is 0 Å². The maximum atomic E-state index is 3.46. The summed E-state index contributed by atoms with van der Waals surface area (Å²) in [5.74, 6) is 1.25. The molecule has 1 aliphatic rings. The summed E-state index contributed by atoms with van der Waals surface area (Å²) in [6.07, 6.45) is 1.19. The first kappa shape index (κ1) is 10.5. The smallest absolute Gasteiger partial charge is 0.0376 e. The first-order valence-corrected chi connectivity index (χ1v) is 6.00. The third-order valence-electron chi connectivity index (χ3n) is 3.26. The van der Waals surface area contributed by atoms with Crippen molar-refractivity contribution in [3.8, 4) is 0 Å². The number of fused-ring (bicyclic) bond motifs is 1. The van der Waals surface area contributed by atoms with Gasteiger partial charge in [-0.3, -0.25) is 0 Å². The molecule has 0 radical (unpaired) electrons. The van der Waals surface area contributed by atoms with Gasteiger partial charge < -0.3 is 5.32 Å². The zero-order valence-electron chi connectivity index (χ0n) is 10.2. The lowest BCUT2D eigenvalue weighted by atomic mass is 9.88. The van der Waals surface area contributed by atoms with Crippen LogP contribution in [0.15, 0.2) is 12.1 Å². The van der Waals surface area contributed by atoms with Crippen LogP contribution in [0.1, 0.15) is 56.2 Å². The van der Waals surface area contributed by atoms with Crippen LogP contribution in [0.3, 0.4) is 0 Å². The number of hydrogen-bond acceptors (Lipinski definition) is 1. The number of nitrogens with one attached hydrogen (secondary N) is 1. The molecule has 0 saturated heterocycles. The first-order chi connectivity index (χ1) is 7.09. The molecule has 1 heterocycles. The number of rotatable bonds is 2. The maximum absolute atomic E-state index is 3.46. The third-order valence-corrected chi connectivity index (χ3v) is 3.26. The normalized spacial score (nSPS) is 14.5. The van der Waals surface area contributed by atoms with Gasteiger partial charge >= 0.3 is 0 Å². The summed E-state index contributed by atoms with van der Waals surface area (Å²) in [5, 5.41) is 3.46. The zero-order chi connectivity index (χ0) is 11.0. The second-order valence-corrected chi connectivity index (χ2v) is 5.12. The molecule has 1 aromatic rings. The highest BCUT2D eigenvalue weighted by Crippen LogP contribution is 2.33. The van der Waals surface area contributed by atoms with Gasteiger partial charge in [0.1, 0.15) is 0 Å². The van der Waals surface area contributed by atoms with Crippen LogP contribution < -0.4 is 5.32 Å². The molecule has 0 aromatic heterocycles. The summed E-state index contributed by atoms with van der Waals surface area (Å²) in [4.78, 5) is 0. The lowest BCUT2D eigenvalue weighted by molar-refractivity contribution is 0.789. The Balaban J connectivity index is 2.52. The summed E-state index contributed by atoms with van der Waals surface area (Å²) in [6, 6.07) is 4.78. The summed E-state index contributed by atoms with van der Waals surface area (Å²) < 4.78 is 0. The van der Waals surface area contributed by atoms with Gasteiger partial charge in [-0.15, -0.1) is 0 Å². The molecule has 0 amide bonds.